The zero-order valence-electron chi connectivity index (χ0n) is 15.9. The van der Waals surface area contributed by atoms with Crippen LogP contribution in [0, 0.1) is 0 Å². The third-order valence-electron chi connectivity index (χ3n) is 4.62. The van der Waals surface area contributed by atoms with Crippen LogP contribution in [0.5, 0.6) is 5.75 Å². The number of thioether (sulfide) groups is 1. The second kappa shape index (κ2) is 9.58. The predicted molar refractivity (Wildman–Crippen MR) is 109 cm³/mol. The Balaban J connectivity index is 1.50. The minimum atomic E-state index is -1.46. The first-order chi connectivity index (χ1) is 14.0. The SMILES string of the molecule is COc1ccc(CSCC2CC(=O)N2NC(=O)C(O)c2cccc(C=O)c2)cc1. The van der Waals surface area contributed by atoms with Crippen LogP contribution in [0.4, 0.5) is 0 Å². The lowest BCUT2D eigenvalue weighted by molar-refractivity contribution is -0.158. The normalized spacial score (nSPS) is 16.7. The summed E-state index contributed by atoms with van der Waals surface area (Å²) in [7, 11) is 1.62. The van der Waals surface area contributed by atoms with E-state index < -0.39 is 12.0 Å². The highest BCUT2D eigenvalue weighted by atomic mass is 32.2. The third kappa shape index (κ3) is 5.16. The van der Waals surface area contributed by atoms with Gasteiger partial charge in [0.05, 0.1) is 19.6 Å². The fourth-order valence-electron chi connectivity index (χ4n) is 2.94. The molecule has 152 valence electrons. The van der Waals surface area contributed by atoms with Crippen LogP contribution in [-0.4, -0.2) is 47.1 Å². The number of nitrogens with one attached hydrogen (secondary N) is 1. The lowest BCUT2D eigenvalue weighted by atomic mass is 10.1. The molecule has 2 N–H and O–H groups in total. The van der Waals surface area contributed by atoms with Crippen LogP contribution in [0.1, 0.15) is 34.0 Å². The van der Waals surface area contributed by atoms with Gasteiger partial charge in [-0.3, -0.25) is 19.8 Å². The van der Waals surface area contributed by atoms with Crippen LogP contribution < -0.4 is 10.2 Å². The first-order valence-corrected chi connectivity index (χ1v) is 10.2. The summed E-state index contributed by atoms with van der Waals surface area (Å²) in [5.74, 6) is 1.34. The number of carbonyl (C=O) groups excluding carboxylic acids is 3. The summed E-state index contributed by atoms with van der Waals surface area (Å²) in [6, 6.07) is 13.8. The van der Waals surface area contributed by atoms with Gasteiger partial charge >= 0.3 is 0 Å². The zero-order valence-corrected chi connectivity index (χ0v) is 16.7. The second-order valence-corrected chi connectivity index (χ2v) is 7.68. The highest BCUT2D eigenvalue weighted by Gasteiger charge is 2.38. The summed E-state index contributed by atoms with van der Waals surface area (Å²) < 4.78 is 5.14. The Morgan fingerprint density at radius 2 is 2.10 bits per heavy atom. The van der Waals surface area contributed by atoms with Crippen molar-refractivity contribution in [3.63, 3.8) is 0 Å². The number of hydrogen-bond acceptors (Lipinski definition) is 6. The standard InChI is InChI=1S/C21H22N2O5S/c1-28-18-7-5-14(6-8-18)12-29-13-17-10-19(25)23(17)22-21(27)20(26)16-4-2-3-15(9-16)11-24/h2-9,11,17,20,26H,10,12-13H2,1H3,(H,22,27). The topological polar surface area (TPSA) is 95.9 Å². The molecule has 2 aromatic rings. The van der Waals surface area contributed by atoms with Crippen molar-refractivity contribution in [3.05, 3.63) is 65.2 Å². The van der Waals surface area contributed by atoms with Crippen molar-refractivity contribution >= 4 is 29.9 Å². The smallest absolute Gasteiger partial charge is 0.272 e. The number of ether oxygens (including phenoxy) is 1. The third-order valence-corrected chi connectivity index (χ3v) is 5.78. The number of methoxy groups -OCH3 is 1. The minimum absolute atomic E-state index is 0.122. The maximum atomic E-state index is 12.3. The molecule has 0 aromatic heterocycles. The largest absolute Gasteiger partial charge is 0.497 e. The van der Waals surface area contributed by atoms with Gasteiger partial charge in [-0.1, -0.05) is 30.3 Å². The molecule has 0 saturated carbocycles. The maximum absolute atomic E-state index is 12.3. The van der Waals surface area contributed by atoms with E-state index in [1.807, 2.05) is 24.3 Å². The molecule has 0 bridgehead atoms. The molecule has 2 amide bonds. The number of nitrogens with zero attached hydrogens (tertiary/aromatic N) is 1. The van der Waals surface area contributed by atoms with E-state index in [1.165, 1.54) is 11.1 Å². The second-order valence-electron chi connectivity index (χ2n) is 6.65. The van der Waals surface area contributed by atoms with Crippen molar-refractivity contribution < 1.29 is 24.2 Å². The maximum Gasteiger partial charge on any atom is 0.272 e. The van der Waals surface area contributed by atoms with E-state index in [1.54, 1.807) is 37.1 Å². The highest BCUT2D eigenvalue weighted by molar-refractivity contribution is 7.98. The molecule has 3 rings (SSSR count). The molecule has 1 saturated heterocycles. The molecule has 1 heterocycles. The molecule has 29 heavy (non-hydrogen) atoms. The highest BCUT2D eigenvalue weighted by Crippen LogP contribution is 2.25. The Kier molecular flexibility index (Phi) is 6.90. The molecule has 0 radical (unpaired) electrons. The molecular formula is C21H22N2O5S. The van der Waals surface area contributed by atoms with Crippen molar-refractivity contribution in [3.8, 4) is 5.75 Å². The number of aliphatic hydroxyl groups is 1. The lowest BCUT2D eigenvalue weighted by Crippen LogP contribution is -2.62. The van der Waals surface area contributed by atoms with E-state index in [0.717, 1.165) is 17.1 Å². The fourth-order valence-corrected chi connectivity index (χ4v) is 4.02. The summed E-state index contributed by atoms with van der Waals surface area (Å²) in [5, 5.41) is 11.5. The Morgan fingerprint density at radius 3 is 2.76 bits per heavy atom. The number of amides is 2. The van der Waals surface area contributed by atoms with Gasteiger partial charge < -0.3 is 9.84 Å². The molecule has 0 aliphatic carbocycles. The van der Waals surface area contributed by atoms with Crippen molar-refractivity contribution in [1.82, 2.24) is 10.4 Å². The van der Waals surface area contributed by atoms with Gasteiger partial charge in [0.25, 0.3) is 5.91 Å². The quantitative estimate of drug-likeness (QED) is 0.482. The van der Waals surface area contributed by atoms with Gasteiger partial charge in [0.15, 0.2) is 6.10 Å². The molecule has 2 unspecified atom stereocenters. The van der Waals surface area contributed by atoms with Gasteiger partial charge in [0, 0.05) is 17.1 Å². The van der Waals surface area contributed by atoms with Crippen LogP contribution in [0.2, 0.25) is 0 Å². The van der Waals surface area contributed by atoms with Crippen molar-refractivity contribution in [1.29, 1.82) is 0 Å². The molecule has 1 fully saturated rings. The van der Waals surface area contributed by atoms with Gasteiger partial charge in [-0.2, -0.15) is 11.8 Å². The monoisotopic (exact) mass is 414 g/mol. The Morgan fingerprint density at radius 1 is 1.34 bits per heavy atom. The van der Waals surface area contributed by atoms with E-state index in [-0.39, 0.29) is 11.9 Å². The molecule has 1 aliphatic rings. The number of benzene rings is 2. The average Bonchev–Trinajstić information content (AvgIpc) is 2.76. The number of hydrazine groups is 1. The van der Waals surface area contributed by atoms with Gasteiger partial charge in [0.1, 0.15) is 12.0 Å². The van der Waals surface area contributed by atoms with Crippen LogP contribution in [0.3, 0.4) is 0 Å². The van der Waals surface area contributed by atoms with E-state index in [4.69, 9.17) is 4.74 Å². The number of rotatable bonds is 9. The summed E-state index contributed by atoms with van der Waals surface area (Å²) in [6.07, 6.45) is -0.466. The summed E-state index contributed by atoms with van der Waals surface area (Å²) in [6.45, 7) is 0. The lowest BCUT2D eigenvalue weighted by Gasteiger charge is -2.40. The molecule has 1 aliphatic heterocycles. The van der Waals surface area contributed by atoms with Gasteiger partial charge in [0.2, 0.25) is 5.91 Å². The molecular weight excluding hydrogens is 392 g/mol. The van der Waals surface area contributed by atoms with Crippen LogP contribution in [0.15, 0.2) is 48.5 Å². The molecule has 8 heteroatoms. The van der Waals surface area contributed by atoms with E-state index in [2.05, 4.69) is 5.43 Å². The Hall–Kier alpha value is -2.84. The molecule has 7 nitrogen and oxygen atoms in total. The van der Waals surface area contributed by atoms with E-state index >= 15 is 0 Å². The van der Waals surface area contributed by atoms with Crippen LogP contribution in [0.25, 0.3) is 0 Å². The number of β-lactam (4-membered cyclic amide) rings is 1. The summed E-state index contributed by atoms with van der Waals surface area (Å²) >= 11 is 1.66. The predicted octanol–water partition coefficient (Wildman–Crippen LogP) is 2.11. The molecule has 0 spiro atoms. The molecule has 2 aromatic carbocycles. The van der Waals surface area contributed by atoms with Gasteiger partial charge in [-0.25, -0.2) is 5.01 Å². The zero-order chi connectivity index (χ0) is 20.8. The molecule has 2 atom stereocenters. The fraction of sp³-hybridized carbons (Fsp3) is 0.286. The van der Waals surface area contributed by atoms with Gasteiger partial charge in [-0.15, -0.1) is 0 Å². The Bertz CT molecular complexity index is 887. The first kappa shape index (κ1) is 20.9. The number of hydrogen-bond donors (Lipinski definition) is 2. The number of aldehydes is 1. The first-order valence-electron chi connectivity index (χ1n) is 9.08. The van der Waals surface area contributed by atoms with Crippen LogP contribution in [-0.2, 0) is 15.3 Å². The van der Waals surface area contributed by atoms with Crippen molar-refractivity contribution in [2.75, 3.05) is 12.9 Å². The number of aliphatic hydroxyl groups excluding tert-OH is 1. The minimum Gasteiger partial charge on any atom is -0.497 e. The van der Waals surface area contributed by atoms with Crippen molar-refractivity contribution in [2.45, 2.75) is 24.3 Å². The Labute approximate surface area is 173 Å². The summed E-state index contributed by atoms with van der Waals surface area (Å²) in [5.41, 5.74) is 4.29. The van der Waals surface area contributed by atoms with Crippen LogP contribution >= 0.6 is 11.8 Å². The average molecular weight is 414 g/mol. The van der Waals surface area contributed by atoms with Crippen molar-refractivity contribution in [2.24, 2.45) is 0 Å². The summed E-state index contributed by atoms with van der Waals surface area (Å²) in [4.78, 5) is 35.1. The van der Waals surface area contributed by atoms with E-state index in [9.17, 15) is 19.5 Å². The van der Waals surface area contributed by atoms with E-state index in [0.29, 0.717) is 29.6 Å². The van der Waals surface area contributed by atoms with Gasteiger partial charge in [-0.05, 0) is 29.3 Å². The number of carbonyl (C=O) groups is 3.